The molecule has 0 saturated heterocycles. The lowest BCUT2D eigenvalue weighted by Crippen LogP contribution is -2.30. The lowest BCUT2D eigenvalue weighted by Gasteiger charge is -2.30. The van der Waals surface area contributed by atoms with Crippen molar-refractivity contribution in [2.45, 2.75) is 106 Å². The molecule has 1 aromatic heterocycles. The molecule has 9 heteroatoms. The molecule has 44 heavy (non-hydrogen) atoms. The van der Waals surface area contributed by atoms with E-state index in [1.54, 1.807) is 12.1 Å². The fourth-order valence-electron chi connectivity index (χ4n) is 5.33. The van der Waals surface area contributed by atoms with Crippen molar-refractivity contribution < 1.29 is 14.3 Å². The van der Waals surface area contributed by atoms with Crippen LogP contribution >= 0.6 is 11.3 Å². The molecule has 2 aromatic carbocycles. The first-order valence-electron chi connectivity index (χ1n) is 16.5. The molecule has 0 bridgehead atoms. The van der Waals surface area contributed by atoms with Gasteiger partial charge in [0.1, 0.15) is 5.69 Å². The van der Waals surface area contributed by atoms with Crippen molar-refractivity contribution in [2.75, 3.05) is 29.9 Å². The number of hydrogen-bond donors (Lipinski definition) is 1. The Morgan fingerprint density at radius 3 is 2.43 bits per heavy atom. The molecule has 0 aliphatic heterocycles. The average molecular weight is 622 g/mol. The zero-order valence-electron chi connectivity index (χ0n) is 27.6. The standard InChI is InChI=1S/C35H51N5O3S/c1-7-11-13-14-15-16-20-43-34(42)28-18-19-29-33(22-28)44-35(37-29)39-38-31-21-25(5)32(23-30(31)36-26(6)41)40(10-4)24-27(9-3)17-12-8-2/h18-19,21-23,27H,7-17,20,24H2,1-6H3,(H,36,41). The Labute approximate surface area is 267 Å². The van der Waals surface area contributed by atoms with Gasteiger partial charge in [-0.15, -0.1) is 10.2 Å². The number of azo groups is 1. The van der Waals surface area contributed by atoms with E-state index in [9.17, 15) is 9.59 Å². The monoisotopic (exact) mass is 621 g/mol. The van der Waals surface area contributed by atoms with Gasteiger partial charge in [0.05, 0.1) is 28.1 Å². The molecule has 1 atom stereocenters. The van der Waals surface area contributed by atoms with E-state index in [4.69, 9.17) is 4.74 Å². The molecule has 0 radical (unpaired) electrons. The number of unbranched alkanes of at least 4 members (excludes halogenated alkanes) is 6. The van der Waals surface area contributed by atoms with Gasteiger partial charge in [-0.05, 0) is 68.5 Å². The van der Waals surface area contributed by atoms with E-state index in [0.717, 1.165) is 53.8 Å². The summed E-state index contributed by atoms with van der Waals surface area (Å²) in [6.07, 6.45) is 11.7. The predicted octanol–water partition coefficient (Wildman–Crippen LogP) is 10.5. The fourth-order valence-corrected chi connectivity index (χ4v) is 6.16. The minimum absolute atomic E-state index is 0.162. The van der Waals surface area contributed by atoms with Crippen molar-refractivity contribution in [1.82, 2.24) is 4.98 Å². The van der Waals surface area contributed by atoms with Crippen molar-refractivity contribution in [1.29, 1.82) is 0 Å². The number of fused-ring (bicyclic) bond motifs is 1. The van der Waals surface area contributed by atoms with Crippen molar-refractivity contribution in [3.05, 3.63) is 41.5 Å². The van der Waals surface area contributed by atoms with Gasteiger partial charge < -0.3 is 15.0 Å². The van der Waals surface area contributed by atoms with Crippen LogP contribution in [0.4, 0.5) is 22.2 Å². The first-order chi connectivity index (χ1) is 21.3. The second-order valence-corrected chi connectivity index (χ2v) is 12.6. The molecule has 1 amide bonds. The minimum atomic E-state index is -0.315. The van der Waals surface area contributed by atoms with Gasteiger partial charge in [-0.3, -0.25) is 4.79 Å². The molecule has 0 fully saturated rings. The average Bonchev–Trinajstić information content (AvgIpc) is 3.43. The highest BCUT2D eigenvalue weighted by Gasteiger charge is 2.17. The predicted molar refractivity (Wildman–Crippen MR) is 184 cm³/mol. The summed E-state index contributed by atoms with van der Waals surface area (Å²) in [4.78, 5) is 31.7. The van der Waals surface area contributed by atoms with E-state index in [2.05, 4.69) is 60.0 Å². The Balaban J connectivity index is 1.75. The summed E-state index contributed by atoms with van der Waals surface area (Å²) in [6, 6.07) is 9.36. The van der Waals surface area contributed by atoms with E-state index < -0.39 is 0 Å². The lowest BCUT2D eigenvalue weighted by molar-refractivity contribution is -0.114. The quantitative estimate of drug-likeness (QED) is 0.0816. The molecule has 3 rings (SSSR count). The van der Waals surface area contributed by atoms with Crippen molar-refractivity contribution in [3.63, 3.8) is 0 Å². The van der Waals surface area contributed by atoms with Crippen LogP contribution in [-0.2, 0) is 9.53 Å². The molecule has 1 N–H and O–H groups in total. The third-order valence-electron chi connectivity index (χ3n) is 7.96. The number of aryl methyl sites for hydroxylation is 1. The van der Waals surface area contributed by atoms with Crippen LogP contribution in [0.15, 0.2) is 40.6 Å². The highest BCUT2D eigenvalue weighted by Crippen LogP contribution is 2.37. The van der Waals surface area contributed by atoms with Gasteiger partial charge >= 0.3 is 5.97 Å². The number of nitrogens with one attached hydrogen (secondary N) is 1. The second-order valence-electron chi connectivity index (χ2n) is 11.6. The molecule has 0 aliphatic rings. The largest absolute Gasteiger partial charge is 0.462 e. The number of carbonyl (C=O) groups is 2. The molecule has 0 aliphatic carbocycles. The Morgan fingerprint density at radius 2 is 1.73 bits per heavy atom. The Bertz CT molecular complexity index is 1390. The number of hydrogen-bond acceptors (Lipinski definition) is 8. The minimum Gasteiger partial charge on any atom is -0.462 e. The molecule has 1 unspecified atom stereocenters. The van der Waals surface area contributed by atoms with Crippen LogP contribution < -0.4 is 10.2 Å². The van der Waals surface area contributed by atoms with E-state index in [1.807, 2.05) is 18.2 Å². The van der Waals surface area contributed by atoms with Crippen LogP contribution in [0.1, 0.15) is 115 Å². The normalized spacial score (nSPS) is 12.1. The second kappa shape index (κ2) is 18.5. The topological polar surface area (TPSA) is 96.2 Å². The molecular weight excluding hydrogens is 570 g/mol. The first kappa shape index (κ1) is 35.2. The number of anilines is 2. The summed E-state index contributed by atoms with van der Waals surface area (Å²) in [6.45, 7) is 14.7. The molecule has 8 nitrogen and oxygen atoms in total. The van der Waals surface area contributed by atoms with Gasteiger partial charge in [-0.2, -0.15) is 0 Å². The summed E-state index contributed by atoms with van der Waals surface area (Å²) in [5, 5.41) is 12.4. The Morgan fingerprint density at radius 1 is 0.977 bits per heavy atom. The van der Waals surface area contributed by atoms with Gasteiger partial charge in [0, 0.05) is 25.7 Å². The Hall–Kier alpha value is -3.33. The van der Waals surface area contributed by atoms with Gasteiger partial charge in [-0.25, -0.2) is 9.78 Å². The van der Waals surface area contributed by atoms with Crippen LogP contribution in [0.5, 0.6) is 0 Å². The highest BCUT2D eigenvalue weighted by molar-refractivity contribution is 7.21. The smallest absolute Gasteiger partial charge is 0.338 e. The number of benzene rings is 2. The Kier molecular flexibility index (Phi) is 14.8. The highest BCUT2D eigenvalue weighted by atomic mass is 32.1. The number of amides is 1. The van der Waals surface area contributed by atoms with Crippen molar-refractivity contribution >= 4 is 55.6 Å². The molecule has 0 spiro atoms. The van der Waals surface area contributed by atoms with Crippen LogP contribution in [0.25, 0.3) is 10.2 Å². The number of thiazole rings is 1. The van der Waals surface area contributed by atoms with Crippen molar-refractivity contribution in [3.8, 4) is 0 Å². The van der Waals surface area contributed by atoms with E-state index in [-0.39, 0.29) is 11.9 Å². The zero-order valence-corrected chi connectivity index (χ0v) is 28.4. The van der Waals surface area contributed by atoms with Crippen LogP contribution in [0.3, 0.4) is 0 Å². The first-order valence-corrected chi connectivity index (χ1v) is 17.3. The molecule has 3 aromatic rings. The maximum Gasteiger partial charge on any atom is 0.338 e. The van der Waals surface area contributed by atoms with Gasteiger partial charge in [0.25, 0.3) is 0 Å². The number of esters is 1. The molecule has 0 saturated carbocycles. The summed E-state index contributed by atoms with van der Waals surface area (Å²) >= 11 is 1.36. The number of carbonyl (C=O) groups excluding carboxylic acids is 2. The van der Waals surface area contributed by atoms with Gasteiger partial charge in [0.15, 0.2) is 0 Å². The third-order valence-corrected chi connectivity index (χ3v) is 8.86. The molecule has 240 valence electrons. The number of aromatic nitrogens is 1. The van der Waals surface area contributed by atoms with E-state index in [1.165, 1.54) is 63.2 Å². The van der Waals surface area contributed by atoms with Crippen LogP contribution in [0, 0.1) is 12.8 Å². The van der Waals surface area contributed by atoms with Crippen LogP contribution in [-0.4, -0.2) is 36.6 Å². The van der Waals surface area contributed by atoms with Gasteiger partial charge in [0.2, 0.25) is 11.0 Å². The fraction of sp³-hybridized carbons (Fsp3) is 0.571. The van der Waals surface area contributed by atoms with E-state index >= 15 is 0 Å². The molecular formula is C35H51N5O3S. The number of rotatable bonds is 19. The SMILES string of the molecule is CCCCCCCCOC(=O)c1ccc2nc(N=Nc3cc(C)c(N(CC)CC(CC)CCCC)cc3NC(C)=O)sc2c1. The maximum absolute atomic E-state index is 12.6. The summed E-state index contributed by atoms with van der Waals surface area (Å²) < 4.78 is 6.34. The maximum atomic E-state index is 12.6. The van der Waals surface area contributed by atoms with E-state index in [0.29, 0.717) is 34.6 Å². The number of ether oxygens (including phenoxy) is 1. The zero-order chi connectivity index (χ0) is 31.9. The third kappa shape index (κ3) is 10.7. The summed E-state index contributed by atoms with van der Waals surface area (Å²) in [5.74, 6) is 0.147. The summed E-state index contributed by atoms with van der Waals surface area (Å²) in [5.41, 5.74) is 4.63. The van der Waals surface area contributed by atoms with Crippen LogP contribution in [0.2, 0.25) is 0 Å². The lowest BCUT2D eigenvalue weighted by atomic mass is 9.98. The molecule has 1 heterocycles. The summed E-state index contributed by atoms with van der Waals surface area (Å²) in [7, 11) is 0. The van der Waals surface area contributed by atoms with Gasteiger partial charge in [-0.1, -0.05) is 83.5 Å². The number of nitrogens with zero attached hydrogens (tertiary/aromatic N) is 4. The van der Waals surface area contributed by atoms with Crippen molar-refractivity contribution in [2.24, 2.45) is 16.1 Å².